The predicted molar refractivity (Wildman–Crippen MR) is 151 cm³/mol. The van der Waals surface area contributed by atoms with Gasteiger partial charge in [0.25, 0.3) is 0 Å². The van der Waals surface area contributed by atoms with Gasteiger partial charge in [0.05, 0.1) is 5.75 Å². The molecule has 2 amide bonds. The van der Waals surface area contributed by atoms with E-state index in [1.165, 1.54) is 23.9 Å². The topological polar surface area (TPSA) is 49.4 Å². The predicted octanol–water partition coefficient (Wildman–Crippen LogP) is 6.92. The first kappa shape index (κ1) is 29.0. The summed E-state index contributed by atoms with van der Waals surface area (Å²) in [6.07, 6.45) is 1.11. The molecule has 0 fully saturated rings. The number of halogens is 3. The zero-order valence-corrected chi connectivity index (χ0v) is 23.3. The molecule has 0 aliphatic rings. The molecule has 1 N–H and O–H groups in total. The molecule has 0 unspecified atom stereocenters. The Morgan fingerprint density at radius 1 is 0.946 bits per heavy atom. The third-order valence-electron chi connectivity index (χ3n) is 6.07. The van der Waals surface area contributed by atoms with Crippen LogP contribution in [-0.4, -0.2) is 34.6 Å². The van der Waals surface area contributed by atoms with E-state index in [9.17, 15) is 14.0 Å². The number of rotatable bonds is 12. The molecule has 0 aromatic heterocycles. The quantitative estimate of drug-likeness (QED) is 0.261. The number of nitrogens with zero attached hydrogens (tertiary/aromatic N) is 1. The van der Waals surface area contributed by atoms with Crippen LogP contribution in [0, 0.1) is 5.82 Å². The van der Waals surface area contributed by atoms with Gasteiger partial charge in [-0.2, -0.15) is 0 Å². The Balaban J connectivity index is 1.90. The number of amides is 2. The van der Waals surface area contributed by atoms with E-state index in [2.05, 4.69) is 5.32 Å². The van der Waals surface area contributed by atoms with Crippen molar-refractivity contribution in [1.82, 2.24) is 10.2 Å². The maximum absolute atomic E-state index is 13.7. The van der Waals surface area contributed by atoms with E-state index in [1.54, 1.807) is 35.2 Å². The van der Waals surface area contributed by atoms with Crippen LogP contribution in [0.4, 0.5) is 4.39 Å². The van der Waals surface area contributed by atoms with Gasteiger partial charge in [-0.3, -0.25) is 9.59 Å². The summed E-state index contributed by atoms with van der Waals surface area (Å²) >= 11 is 14.3. The lowest BCUT2D eigenvalue weighted by molar-refractivity contribution is -0.139. The fourth-order valence-corrected chi connectivity index (χ4v) is 5.16. The molecule has 0 saturated heterocycles. The second-order valence-corrected chi connectivity index (χ2v) is 10.7. The molecule has 3 aromatic carbocycles. The SMILES string of the molecule is CC[C@H](C)NC(=O)[C@@H](Cc1ccccc1)N(Cc1c(Cl)cccc1Cl)C(=O)CSCc1ccc(F)cc1. The summed E-state index contributed by atoms with van der Waals surface area (Å²) in [5.74, 6) is -0.0542. The Morgan fingerprint density at radius 2 is 1.59 bits per heavy atom. The Morgan fingerprint density at radius 3 is 2.22 bits per heavy atom. The molecular formula is C29H31Cl2FN2O2S. The van der Waals surface area contributed by atoms with Crippen molar-refractivity contribution >= 4 is 46.8 Å². The van der Waals surface area contributed by atoms with Gasteiger partial charge in [-0.25, -0.2) is 4.39 Å². The minimum absolute atomic E-state index is 0.0422. The van der Waals surface area contributed by atoms with E-state index >= 15 is 0 Å². The van der Waals surface area contributed by atoms with E-state index in [1.807, 2.05) is 44.2 Å². The van der Waals surface area contributed by atoms with Crippen molar-refractivity contribution < 1.29 is 14.0 Å². The number of carbonyl (C=O) groups excluding carboxylic acids is 2. The Bertz CT molecular complexity index is 1160. The van der Waals surface area contributed by atoms with Crippen LogP contribution in [-0.2, 0) is 28.3 Å². The van der Waals surface area contributed by atoms with Crippen molar-refractivity contribution in [3.63, 3.8) is 0 Å². The van der Waals surface area contributed by atoms with Crippen molar-refractivity contribution in [3.05, 3.63) is 105 Å². The molecule has 196 valence electrons. The first-order valence-corrected chi connectivity index (χ1v) is 14.1. The third kappa shape index (κ3) is 8.77. The van der Waals surface area contributed by atoms with Gasteiger partial charge in [0, 0.05) is 40.4 Å². The molecule has 3 rings (SSSR count). The van der Waals surface area contributed by atoms with E-state index in [-0.39, 0.29) is 36.0 Å². The van der Waals surface area contributed by atoms with Crippen LogP contribution in [0.1, 0.15) is 37.0 Å². The summed E-state index contributed by atoms with van der Waals surface area (Å²) in [4.78, 5) is 28.8. The normalized spacial score (nSPS) is 12.6. The van der Waals surface area contributed by atoms with Gasteiger partial charge in [0.1, 0.15) is 11.9 Å². The van der Waals surface area contributed by atoms with Crippen molar-refractivity contribution in [1.29, 1.82) is 0 Å². The smallest absolute Gasteiger partial charge is 0.243 e. The Labute approximate surface area is 232 Å². The maximum Gasteiger partial charge on any atom is 0.243 e. The Kier molecular flexibility index (Phi) is 11.3. The van der Waals surface area contributed by atoms with Crippen LogP contribution in [0.3, 0.4) is 0 Å². The van der Waals surface area contributed by atoms with Gasteiger partial charge >= 0.3 is 0 Å². The molecule has 3 aromatic rings. The lowest BCUT2D eigenvalue weighted by atomic mass is 10.0. The van der Waals surface area contributed by atoms with Crippen molar-refractivity contribution in [3.8, 4) is 0 Å². The maximum atomic E-state index is 13.7. The summed E-state index contributed by atoms with van der Waals surface area (Å²) in [6.45, 7) is 4.03. The summed E-state index contributed by atoms with van der Waals surface area (Å²) in [6, 6.07) is 20.2. The van der Waals surface area contributed by atoms with Crippen molar-refractivity contribution in [2.45, 2.75) is 51.1 Å². The number of nitrogens with one attached hydrogen (secondary N) is 1. The van der Waals surface area contributed by atoms with Crippen LogP contribution in [0.15, 0.2) is 72.8 Å². The van der Waals surface area contributed by atoms with Crippen LogP contribution in [0.25, 0.3) is 0 Å². The first-order chi connectivity index (χ1) is 17.8. The van der Waals surface area contributed by atoms with Crippen LogP contribution < -0.4 is 5.32 Å². The highest BCUT2D eigenvalue weighted by Crippen LogP contribution is 2.28. The summed E-state index contributed by atoms with van der Waals surface area (Å²) in [7, 11) is 0. The molecule has 0 aliphatic carbocycles. The van der Waals surface area contributed by atoms with Gasteiger partial charge in [-0.1, -0.05) is 78.7 Å². The monoisotopic (exact) mass is 560 g/mol. The highest BCUT2D eigenvalue weighted by molar-refractivity contribution is 7.99. The number of carbonyl (C=O) groups is 2. The van der Waals surface area contributed by atoms with Crippen LogP contribution in [0.2, 0.25) is 10.0 Å². The van der Waals surface area contributed by atoms with Crippen LogP contribution in [0.5, 0.6) is 0 Å². The van der Waals surface area contributed by atoms with Gasteiger partial charge in [0.2, 0.25) is 11.8 Å². The van der Waals surface area contributed by atoms with Gasteiger partial charge < -0.3 is 10.2 Å². The summed E-state index contributed by atoms with van der Waals surface area (Å²) in [5, 5.41) is 3.92. The minimum Gasteiger partial charge on any atom is -0.352 e. The summed E-state index contributed by atoms with van der Waals surface area (Å²) in [5.41, 5.74) is 2.45. The zero-order chi connectivity index (χ0) is 26.8. The molecule has 4 nitrogen and oxygen atoms in total. The standard InChI is InChI=1S/C29H31Cl2FN2O2S/c1-3-20(2)33-29(36)27(16-21-8-5-4-6-9-21)34(17-24-25(30)10-7-11-26(24)31)28(35)19-37-18-22-12-14-23(32)15-13-22/h4-15,20,27H,3,16-19H2,1-2H3,(H,33,36)/t20-,27+/m0/s1. The third-order valence-corrected chi connectivity index (χ3v) is 7.77. The summed E-state index contributed by atoms with van der Waals surface area (Å²) < 4.78 is 13.2. The first-order valence-electron chi connectivity index (χ1n) is 12.2. The van der Waals surface area contributed by atoms with Crippen molar-refractivity contribution in [2.75, 3.05) is 5.75 Å². The number of hydrogen-bond acceptors (Lipinski definition) is 3. The minimum atomic E-state index is -0.761. The second kappa shape index (κ2) is 14.4. The van der Waals surface area contributed by atoms with E-state index < -0.39 is 6.04 Å². The number of benzene rings is 3. The largest absolute Gasteiger partial charge is 0.352 e. The second-order valence-electron chi connectivity index (χ2n) is 8.86. The van der Waals surface area contributed by atoms with Crippen molar-refractivity contribution in [2.24, 2.45) is 0 Å². The van der Waals surface area contributed by atoms with E-state index in [0.717, 1.165) is 17.5 Å². The molecule has 0 heterocycles. The average Bonchev–Trinajstić information content (AvgIpc) is 2.89. The number of hydrogen-bond donors (Lipinski definition) is 1. The molecule has 0 radical (unpaired) electrons. The van der Waals surface area contributed by atoms with E-state index in [0.29, 0.717) is 27.8 Å². The fraction of sp³-hybridized carbons (Fsp3) is 0.310. The average molecular weight is 562 g/mol. The van der Waals surface area contributed by atoms with Crippen LogP contribution >= 0.6 is 35.0 Å². The van der Waals surface area contributed by atoms with Gasteiger partial charge in [-0.15, -0.1) is 11.8 Å². The fourth-order valence-electron chi connectivity index (χ4n) is 3.77. The molecular weight excluding hydrogens is 530 g/mol. The molecule has 0 saturated carbocycles. The molecule has 37 heavy (non-hydrogen) atoms. The lowest BCUT2D eigenvalue weighted by Gasteiger charge is -2.32. The zero-order valence-electron chi connectivity index (χ0n) is 20.9. The van der Waals surface area contributed by atoms with E-state index in [4.69, 9.17) is 23.2 Å². The highest BCUT2D eigenvalue weighted by Gasteiger charge is 2.31. The van der Waals surface area contributed by atoms with Gasteiger partial charge in [0.15, 0.2) is 0 Å². The molecule has 2 atom stereocenters. The van der Waals surface area contributed by atoms with Gasteiger partial charge in [-0.05, 0) is 48.7 Å². The highest BCUT2D eigenvalue weighted by atomic mass is 35.5. The lowest BCUT2D eigenvalue weighted by Crippen LogP contribution is -2.52. The Hall–Kier alpha value is -2.54. The molecule has 8 heteroatoms. The molecule has 0 spiro atoms. The molecule has 0 aliphatic heterocycles. The molecule has 0 bridgehead atoms. The number of thioether (sulfide) groups is 1.